The van der Waals surface area contributed by atoms with Crippen LogP contribution in [0.1, 0.15) is 19.4 Å². The van der Waals surface area contributed by atoms with Crippen molar-refractivity contribution in [1.82, 2.24) is 4.98 Å². The Balaban J connectivity index is 2.99. The van der Waals surface area contributed by atoms with Crippen LogP contribution in [0.4, 0.5) is 8.78 Å². The molecule has 0 saturated heterocycles. The van der Waals surface area contributed by atoms with Gasteiger partial charge in [-0.25, -0.2) is 4.98 Å². The molecule has 0 aliphatic rings. The van der Waals surface area contributed by atoms with Crippen molar-refractivity contribution in [1.29, 1.82) is 0 Å². The maximum Gasteiger partial charge on any atom is 0.297 e. The number of ether oxygens (including phenoxy) is 1. The van der Waals surface area contributed by atoms with E-state index in [2.05, 4.69) is 4.98 Å². The molecule has 1 rings (SSSR count). The molecular weight excluding hydrogens is 240 g/mol. The van der Waals surface area contributed by atoms with Gasteiger partial charge in [-0.1, -0.05) is 11.6 Å². The molecule has 90 valence electrons. The van der Waals surface area contributed by atoms with E-state index in [0.717, 1.165) is 12.3 Å². The molecular formula is C10H12ClF2NO2. The minimum Gasteiger partial charge on any atom is -0.474 e. The fraction of sp³-hybridized carbons (Fsp3) is 0.500. The molecule has 0 fully saturated rings. The molecule has 16 heavy (non-hydrogen) atoms. The highest BCUT2D eigenvalue weighted by molar-refractivity contribution is 6.31. The number of halogens is 3. The summed E-state index contributed by atoms with van der Waals surface area (Å²) < 4.78 is 31.3. The second kappa shape index (κ2) is 4.93. The first-order valence-corrected chi connectivity index (χ1v) is 5.06. The van der Waals surface area contributed by atoms with Crippen LogP contribution >= 0.6 is 11.6 Å². The quantitative estimate of drug-likeness (QED) is 0.894. The summed E-state index contributed by atoms with van der Waals surface area (Å²) in [4.78, 5) is 3.69. The summed E-state index contributed by atoms with van der Waals surface area (Å²) in [5.41, 5.74) is -0.434. The normalized spacial score (nSPS) is 11.9. The molecule has 0 aliphatic heterocycles. The summed E-state index contributed by atoms with van der Waals surface area (Å²) in [5, 5.41) is 8.50. The molecule has 0 spiro atoms. The van der Waals surface area contributed by atoms with Gasteiger partial charge in [-0.05, 0) is 19.9 Å². The molecule has 1 heterocycles. The van der Waals surface area contributed by atoms with Gasteiger partial charge in [-0.3, -0.25) is 0 Å². The third-order valence-corrected chi connectivity index (χ3v) is 2.05. The van der Waals surface area contributed by atoms with Gasteiger partial charge >= 0.3 is 0 Å². The maximum absolute atomic E-state index is 13.1. The van der Waals surface area contributed by atoms with Gasteiger partial charge in [-0.2, -0.15) is 8.78 Å². The second-order valence-corrected chi connectivity index (χ2v) is 3.95. The number of hydrogen-bond donors (Lipinski definition) is 1. The molecule has 1 aromatic heterocycles. The van der Waals surface area contributed by atoms with Gasteiger partial charge < -0.3 is 9.84 Å². The first-order valence-electron chi connectivity index (χ1n) is 4.68. The van der Waals surface area contributed by atoms with E-state index in [4.69, 9.17) is 21.4 Å². The van der Waals surface area contributed by atoms with Crippen LogP contribution in [0, 0.1) is 0 Å². The van der Waals surface area contributed by atoms with Crippen LogP contribution in [0.5, 0.6) is 5.88 Å². The van der Waals surface area contributed by atoms with E-state index < -0.39 is 18.1 Å². The van der Waals surface area contributed by atoms with Crippen molar-refractivity contribution in [3.8, 4) is 5.88 Å². The van der Waals surface area contributed by atoms with E-state index in [0.29, 0.717) is 0 Å². The summed E-state index contributed by atoms with van der Waals surface area (Å²) >= 11 is 5.73. The average molecular weight is 252 g/mol. The van der Waals surface area contributed by atoms with E-state index in [9.17, 15) is 8.78 Å². The number of aliphatic hydroxyl groups is 1. The molecule has 1 N–H and O–H groups in total. The van der Waals surface area contributed by atoms with Gasteiger partial charge in [0.15, 0.2) is 0 Å². The summed E-state index contributed by atoms with van der Waals surface area (Å²) in [7, 11) is 0. The second-order valence-electron chi connectivity index (χ2n) is 3.54. The smallest absolute Gasteiger partial charge is 0.297 e. The lowest BCUT2D eigenvalue weighted by atomic mass is 10.1. The summed E-state index contributed by atoms with van der Waals surface area (Å²) in [6.07, 6.45) is 0.800. The number of hydrogen-bond acceptors (Lipinski definition) is 3. The van der Waals surface area contributed by atoms with Crippen molar-refractivity contribution in [3.05, 3.63) is 22.8 Å². The standard InChI is InChI=1S/C10H12ClF2NO2/c1-6(2)16-9-8(11)3-7(4-14-9)10(12,13)5-15/h3-4,6,15H,5H2,1-2H3. The van der Waals surface area contributed by atoms with E-state index >= 15 is 0 Å². The van der Waals surface area contributed by atoms with Crippen LogP contribution in [0.25, 0.3) is 0 Å². The van der Waals surface area contributed by atoms with Gasteiger partial charge in [0.05, 0.1) is 6.10 Å². The number of pyridine rings is 1. The molecule has 0 saturated carbocycles. The Morgan fingerprint density at radius 3 is 2.62 bits per heavy atom. The van der Waals surface area contributed by atoms with Crippen LogP contribution in [-0.2, 0) is 5.92 Å². The monoisotopic (exact) mass is 251 g/mol. The average Bonchev–Trinajstić information content (AvgIpc) is 2.20. The number of nitrogens with zero attached hydrogens (tertiary/aromatic N) is 1. The molecule has 0 aromatic carbocycles. The van der Waals surface area contributed by atoms with Crippen LogP contribution in [0.15, 0.2) is 12.3 Å². The fourth-order valence-electron chi connectivity index (χ4n) is 1.03. The lowest BCUT2D eigenvalue weighted by Gasteiger charge is -2.15. The molecule has 0 atom stereocenters. The number of rotatable bonds is 4. The Hall–Kier alpha value is -0.940. The molecule has 0 amide bonds. The molecule has 6 heteroatoms. The summed E-state index contributed by atoms with van der Waals surface area (Å²) in [6, 6.07) is 1.04. The van der Waals surface area contributed by atoms with Crippen molar-refractivity contribution < 1.29 is 18.6 Å². The van der Waals surface area contributed by atoms with Crippen LogP contribution in [0.2, 0.25) is 5.02 Å². The zero-order valence-electron chi connectivity index (χ0n) is 8.88. The van der Waals surface area contributed by atoms with Crippen LogP contribution in [-0.4, -0.2) is 22.8 Å². The van der Waals surface area contributed by atoms with Crippen molar-refractivity contribution >= 4 is 11.6 Å². The van der Waals surface area contributed by atoms with E-state index in [1.807, 2.05) is 0 Å². The van der Waals surface area contributed by atoms with Crippen molar-refractivity contribution in [3.63, 3.8) is 0 Å². The molecule has 0 unspecified atom stereocenters. The Morgan fingerprint density at radius 1 is 1.56 bits per heavy atom. The Kier molecular flexibility index (Phi) is 4.04. The third-order valence-electron chi connectivity index (χ3n) is 1.78. The van der Waals surface area contributed by atoms with Gasteiger partial charge in [0, 0.05) is 11.8 Å². The van der Waals surface area contributed by atoms with Gasteiger partial charge in [0.1, 0.15) is 11.6 Å². The molecule has 0 aliphatic carbocycles. The Morgan fingerprint density at radius 2 is 2.19 bits per heavy atom. The largest absolute Gasteiger partial charge is 0.474 e. The third kappa shape index (κ3) is 3.02. The highest BCUT2D eigenvalue weighted by atomic mass is 35.5. The predicted molar refractivity (Wildman–Crippen MR) is 56.0 cm³/mol. The summed E-state index contributed by atoms with van der Waals surface area (Å²) in [6.45, 7) is 2.26. The van der Waals surface area contributed by atoms with Crippen LogP contribution in [0.3, 0.4) is 0 Å². The molecule has 0 bridgehead atoms. The Labute approximate surface area is 97.0 Å². The van der Waals surface area contributed by atoms with E-state index in [-0.39, 0.29) is 17.0 Å². The van der Waals surface area contributed by atoms with Gasteiger partial charge in [0.2, 0.25) is 5.88 Å². The minimum atomic E-state index is -3.34. The molecule has 1 aromatic rings. The fourth-order valence-corrected chi connectivity index (χ4v) is 1.24. The number of aromatic nitrogens is 1. The zero-order valence-corrected chi connectivity index (χ0v) is 9.63. The Bertz CT molecular complexity index is 372. The van der Waals surface area contributed by atoms with Crippen molar-refractivity contribution in [2.24, 2.45) is 0 Å². The van der Waals surface area contributed by atoms with Gasteiger partial charge in [0.25, 0.3) is 5.92 Å². The first kappa shape index (κ1) is 13.1. The van der Waals surface area contributed by atoms with Gasteiger partial charge in [-0.15, -0.1) is 0 Å². The lowest BCUT2D eigenvalue weighted by Crippen LogP contribution is -2.19. The lowest BCUT2D eigenvalue weighted by molar-refractivity contribution is -0.0559. The SMILES string of the molecule is CC(C)Oc1ncc(C(F)(F)CO)cc1Cl. The predicted octanol–water partition coefficient (Wildman–Crippen LogP) is 2.61. The maximum atomic E-state index is 13.1. The number of aliphatic hydroxyl groups excluding tert-OH is 1. The topological polar surface area (TPSA) is 42.4 Å². The highest BCUT2D eigenvalue weighted by Gasteiger charge is 2.31. The molecule has 0 radical (unpaired) electrons. The van der Waals surface area contributed by atoms with Crippen LogP contribution < -0.4 is 4.74 Å². The molecule has 3 nitrogen and oxygen atoms in total. The van der Waals surface area contributed by atoms with E-state index in [1.54, 1.807) is 13.8 Å². The highest BCUT2D eigenvalue weighted by Crippen LogP contribution is 2.31. The minimum absolute atomic E-state index is 0.000625. The van der Waals surface area contributed by atoms with Crippen molar-refractivity contribution in [2.75, 3.05) is 6.61 Å². The number of alkyl halides is 2. The zero-order chi connectivity index (χ0) is 12.3. The van der Waals surface area contributed by atoms with Crippen molar-refractivity contribution in [2.45, 2.75) is 25.9 Å². The van der Waals surface area contributed by atoms with E-state index in [1.165, 1.54) is 0 Å². The first-order chi connectivity index (χ1) is 7.36. The summed E-state index contributed by atoms with van der Waals surface area (Å²) in [5.74, 6) is -3.23.